The first-order valence-corrected chi connectivity index (χ1v) is 15.5. The number of benzene rings is 3. The van der Waals surface area contributed by atoms with E-state index in [1.54, 1.807) is 6.92 Å². The number of rotatable bonds is 11. The molecule has 0 aliphatic carbocycles. The molecule has 5 rings (SSSR count). The number of methoxy groups -OCH3 is 2. The van der Waals surface area contributed by atoms with Gasteiger partial charge in [-0.1, -0.05) is 30.3 Å². The summed E-state index contributed by atoms with van der Waals surface area (Å²) < 4.78 is 34.0. The highest BCUT2D eigenvalue weighted by molar-refractivity contribution is 5.97. The Balaban J connectivity index is 1.45. The minimum absolute atomic E-state index is 0.0204. The average molecular weight is 686 g/mol. The van der Waals surface area contributed by atoms with Crippen molar-refractivity contribution in [3.8, 4) is 34.5 Å². The number of carbonyl (C=O) groups is 2. The molecule has 0 aromatic heterocycles. The summed E-state index contributed by atoms with van der Waals surface area (Å²) in [6, 6.07) is 11.9. The van der Waals surface area contributed by atoms with Crippen LogP contribution in [-0.4, -0.2) is 107 Å². The Morgan fingerprint density at radius 2 is 1.73 bits per heavy atom. The normalized spacial score (nSPS) is 23.4. The second kappa shape index (κ2) is 14.7. The van der Waals surface area contributed by atoms with Gasteiger partial charge in [-0.3, -0.25) is 0 Å². The number of hydrogen-bond acceptors (Lipinski definition) is 14. The maximum atomic E-state index is 13.5. The number of carboxylic acids is 1. The van der Waals surface area contributed by atoms with E-state index in [1.165, 1.54) is 26.4 Å². The third kappa shape index (κ3) is 6.83. The molecule has 2 aliphatic rings. The van der Waals surface area contributed by atoms with Gasteiger partial charge in [-0.2, -0.15) is 0 Å². The Morgan fingerprint density at radius 1 is 1.00 bits per heavy atom. The summed E-state index contributed by atoms with van der Waals surface area (Å²) >= 11 is 0. The van der Waals surface area contributed by atoms with Gasteiger partial charge < -0.3 is 64.4 Å². The molecule has 1 saturated heterocycles. The molecule has 0 unspecified atom stereocenters. The Kier molecular flexibility index (Phi) is 10.6. The molecule has 2 heterocycles. The van der Waals surface area contributed by atoms with Crippen LogP contribution >= 0.6 is 0 Å². The van der Waals surface area contributed by atoms with Gasteiger partial charge in [-0.05, 0) is 25.3 Å². The Labute approximate surface area is 281 Å². The number of cyclic esters (lactones) is 1. The molecule has 7 N–H and O–H groups in total. The van der Waals surface area contributed by atoms with Crippen molar-refractivity contribution in [1.29, 1.82) is 0 Å². The molecule has 1 fully saturated rings. The lowest BCUT2D eigenvalue weighted by molar-refractivity contribution is -0.320. The van der Waals surface area contributed by atoms with Crippen molar-refractivity contribution in [2.75, 3.05) is 39.3 Å². The number of ether oxygens (including phenoxy) is 6. The number of aromatic carboxylic acids is 1. The van der Waals surface area contributed by atoms with Crippen molar-refractivity contribution in [1.82, 2.24) is 0 Å². The molecule has 0 radical (unpaired) electrons. The number of nitrogens with one attached hydrogen (secondary N) is 1. The number of esters is 1. The van der Waals surface area contributed by atoms with Crippen LogP contribution < -0.4 is 24.3 Å². The zero-order valence-electron chi connectivity index (χ0n) is 27.0. The van der Waals surface area contributed by atoms with E-state index in [1.807, 2.05) is 30.3 Å². The lowest BCUT2D eigenvalue weighted by atomic mass is 9.81. The third-order valence-corrected chi connectivity index (χ3v) is 8.58. The molecule has 49 heavy (non-hydrogen) atoms. The molecule has 0 saturated carbocycles. The first-order valence-electron chi connectivity index (χ1n) is 15.5. The van der Waals surface area contributed by atoms with Crippen LogP contribution in [0.3, 0.4) is 0 Å². The second-order valence-corrected chi connectivity index (χ2v) is 11.6. The van der Waals surface area contributed by atoms with E-state index in [0.29, 0.717) is 13.0 Å². The molecule has 0 amide bonds. The van der Waals surface area contributed by atoms with Crippen LogP contribution in [0.1, 0.15) is 45.2 Å². The Morgan fingerprint density at radius 3 is 2.39 bits per heavy atom. The van der Waals surface area contributed by atoms with Crippen molar-refractivity contribution < 1.29 is 68.6 Å². The molecule has 5 atom stereocenters. The minimum atomic E-state index is -1.88. The molecular formula is C34H39NO14. The van der Waals surface area contributed by atoms with Gasteiger partial charge in [0, 0.05) is 30.7 Å². The molecule has 1 spiro atoms. The number of anilines is 1. The molecule has 15 nitrogen and oxygen atoms in total. The average Bonchev–Trinajstić information content (AvgIpc) is 3.08. The van der Waals surface area contributed by atoms with Crippen LogP contribution in [-0.2, 0) is 22.3 Å². The number of carbonyl (C=O) groups excluding carboxylic acids is 1. The van der Waals surface area contributed by atoms with Gasteiger partial charge in [0.15, 0.2) is 23.0 Å². The minimum Gasteiger partial charge on any atom is -0.504 e. The monoisotopic (exact) mass is 685 g/mol. The summed E-state index contributed by atoms with van der Waals surface area (Å²) in [7, 11) is 2.53. The highest BCUT2D eigenvalue weighted by Gasteiger charge is 2.56. The SMILES string of the molecule is CCNc1cc(O[C@H]2O[C@@]3(CCc4c(OC)c(O)c(OCCc5ccccc5)c(O)c4C(=O)OC3)[C@@H](O)[C@H](O)[C@H]2O)c(OC)cc1C(=O)O. The van der Waals surface area contributed by atoms with E-state index < -0.39 is 60.2 Å². The number of carboxylic acid groups (broad SMARTS) is 1. The lowest BCUT2D eigenvalue weighted by Crippen LogP contribution is -2.67. The van der Waals surface area contributed by atoms with E-state index in [-0.39, 0.29) is 64.8 Å². The van der Waals surface area contributed by atoms with Gasteiger partial charge in [0.2, 0.25) is 17.8 Å². The summed E-state index contributed by atoms with van der Waals surface area (Å²) in [4.78, 5) is 25.3. The van der Waals surface area contributed by atoms with E-state index >= 15 is 0 Å². The summed E-state index contributed by atoms with van der Waals surface area (Å²) in [6.07, 6.45) is -7.09. The number of phenolic OH excluding ortho intramolecular Hbond substituents is 2. The molecule has 3 aromatic carbocycles. The summed E-state index contributed by atoms with van der Waals surface area (Å²) in [5, 5.41) is 67.9. The van der Waals surface area contributed by atoms with E-state index in [9.17, 15) is 40.2 Å². The standard InChI is InChI=1S/C34H39NO14/c1-4-35-20-15-22(21(44-2)14-19(20)31(41)42)48-33-26(38)25(37)30(40)34(49-33)12-10-18-23(32(43)47-16-34)24(36)29(27(39)28(18)45-3)46-13-11-17-8-6-5-7-9-17/h5-9,14-15,25-26,30,33,35-40H,4,10-13,16H2,1-3H3,(H,41,42)/t25-,26-,30+,33+,34-/m1/s1. The van der Waals surface area contributed by atoms with E-state index in [2.05, 4.69) is 5.32 Å². The van der Waals surface area contributed by atoms with Gasteiger partial charge >= 0.3 is 11.9 Å². The van der Waals surface area contributed by atoms with Crippen LogP contribution in [0.15, 0.2) is 42.5 Å². The predicted molar refractivity (Wildman–Crippen MR) is 171 cm³/mol. The van der Waals surface area contributed by atoms with Gasteiger partial charge in [-0.15, -0.1) is 0 Å². The molecule has 3 aromatic rings. The van der Waals surface area contributed by atoms with Crippen molar-refractivity contribution in [2.45, 2.75) is 56.4 Å². The number of hydrogen-bond donors (Lipinski definition) is 7. The summed E-state index contributed by atoms with van der Waals surface area (Å²) in [6.45, 7) is 1.52. The predicted octanol–water partition coefficient (Wildman–Crippen LogP) is 2.23. The first kappa shape index (κ1) is 35.3. The number of aliphatic hydroxyl groups excluding tert-OH is 3. The molecule has 2 aliphatic heterocycles. The fourth-order valence-corrected chi connectivity index (χ4v) is 6.03. The van der Waals surface area contributed by atoms with Gasteiger partial charge in [0.25, 0.3) is 0 Å². The maximum absolute atomic E-state index is 13.5. The topological polar surface area (TPSA) is 223 Å². The fraction of sp³-hybridized carbons (Fsp3) is 0.412. The molecule has 264 valence electrons. The highest BCUT2D eigenvalue weighted by atomic mass is 16.7. The van der Waals surface area contributed by atoms with Gasteiger partial charge in [0.1, 0.15) is 36.1 Å². The largest absolute Gasteiger partial charge is 0.504 e. The number of aromatic hydroxyl groups is 2. The maximum Gasteiger partial charge on any atom is 0.342 e. The second-order valence-electron chi connectivity index (χ2n) is 11.6. The molecule has 15 heteroatoms. The number of fused-ring (bicyclic) bond motifs is 1. The van der Waals surface area contributed by atoms with Gasteiger partial charge in [-0.25, -0.2) is 9.59 Å². The molecule has 0 bridgehead atoms. The van der Waals surface area contributed by atoms with Crippen molar-refractivity contribution in [2.24, 2.45) is 0 Å². The van der Waals surface area contributed by atoms with Gasteiger partial charge in [0.05, 0.1) is 32.1 Å². The Hall–Kier alpha value is -4.96. The van der Waals surface area contributed by atoms with Crippen LogP contribution in [0.4, 0.5) is 5.69 Å². The smallest absolute Gasteiger partial charge is 0.342 e. The van der Waals surface area contributed by atoms with Crippen LogP contribution in [0.5, 0.6) is 34.5 Å². The van der Waals surface area contributed by atoms with Crippen molar-refractivity contribution in [3.63, 3.8) is 0 Å². The van der Waals surface area contributed by atoms with Crippen LogP contribution in [0, 0.1) is 0 Å². The highest BCUT2D eigenvalue weighted by Crippen LogP contribution is 2.51. The third-order valence-electron chi connectivity index (χ3n) is 8.58. The zero-order chi connectivity index (χ0) is 35.5. The quantitative estimate of drug-likeness (QED) is 0.144. The summed E-state index contributed by atoms with van der Waals surface area (Å²) in [5.41, 5.74) is -1.17. The van der Waals surface area contributed by atoms with E-state index in [4.69, 9.17) is 28.4 Å². The fourth-order valence-electron chi connectivity index (χ4n) is 6.03. The van der Waals surface area contributed by atoms with Crippen LogP contribution in [0.25, 0.3) is 0 Å². The van der Waals surface area contributed by atoms with Crippen molar-refractivity contribution in [3.05, 3.63) is 64.7 Å². The summed E-state index contributed by atoms with van der Waals surface area (Å²) in [5.74, 6) is -4.18. The first-order chi connectivity index (χ1) is 23.5. The van der Waals surface area contributed by atoms with Crippen LogP contribution in [0.2, 0.25) is 0 Å². The zero-order valence-corrected chi connectivity index (χ0v) is 27.0. The number of phenols is 2. The number of aliphatic hydroxyl groups is 3. The Bertz CT molecular complexity index is 1680. The van der Waals surface area contributed by atoms with Crippen molar-refractivity contribution >= 4 is 17.6 Å². The molecular weight excluding hydrogens is 646 g/mol. The lowest BCUT2D eigenvalue weighted by Gasteiger charge is -2.48. The van der Waals surface area contributed by atoms with E-state index in [0.717, 1.165) is 5.56 Å².